The number of morpholine rings is 1. The van der Waals surface area contributed by atoms with Crippen LogP contribution in [0.5, 0.6) is 0 Å². The van der Waals surface area contributed by atoms with E-state index < -0.39 is 0 Å². The van der Waals surface area contributed by atoms with Gasteiger partial charge in [-0.15, -0.1) is 0 Å². The number of H-pyrrole nitrogens is 1. The molecule has 2 aliphatic rings. The van der Waals surface area contributed by atoms with Gasteiger partial charge in [-0.2, -0.15) is 5.10 Å². The average Bonchev–Trinajstić information content (AvgIpc) is 3.71. The summed E-state index contributed by atoms with van der Waals surface area (Å²) in [6, 6.07) is 18.0. The van der Waals surface area contributed by atoms with Gasteiger partial charge in [-0.25, -0.2) is 14.8 Å². The zero-order valence-electron chi connectivity index (χ0n) is 22.5. The molecule has 0 spiro atoms. The predicted octanol–water partition coefficient (Wildman–Crippen LogP) is 4.78. The Morgan fingerprint density at radius 3 is 2.62 bits per heavy atom. The third-order valence-corrected chi connectivity index (χ3v) is 7.38. The highest BCUT2D eigenvalue weighted by Crippen LogP contribution is 2.30. The van der Waals surface area contributed by atoms with Gasteiger partial charge in [0.1, 0.15) is 5.69 Å². The minimum atomic E-state index is -0.0469. The SMILES string of the molecule is O=C(Nc1ccc(-c2n[nH]cc2-c2ccnc(Nc3cccc(CCN4CCOCC4)c3)n2)cc1)N1CCCC1. The Morgan fingerprint density at radius 1 is 0.975 bits per heavy atom. The van der Waals surface area contributed by atoms with Gasteiger partial charge < -0.3 is 20.3 Å². The van der Waals surface area contributed by atoms with Crippen LogP contribution >= 0.6 is 0 Å². The Labute approximate surface area is 233 Å². The molecule has 10 heteroatoms. The summed E-state index contributed by atoms with van der Waals surface area (Å²) in [5.41, 5.74) is 6.33. The fraction of sp³-hybridized carbons (Fsp3) is 0.333. The lowest BCUT2D eigenvalue weighted by Gasteiger charge is -2.26. The molecular weight excluding hydrogens is 504 g/mol. The normalized spacial score (nSPS) is 15.8. The summed E-state index contributed by atoms with van der Waals surface area (Å²) >= 11 is 0. The number of likely N-dealkylation sites (tertiary alicyclic amines) is 1. The van der Waals surface area contributed by atoms with Gasteiger partial charge in [0.2, 0.25) is 5.95 Å². The largest absolute Gasteiger partial charge is 0.379 e. The quantitative estimate of drug-likeness (QED) is 0.296. The Kier molecular flexibility index (Phi) is 7.97. The van der Waals surface area contributed by atoms with Crippen LogP contribution < -0.4 is 10.6 Å². The van der Waals surface area contributed by atoms with Crippen molar-refractivity contribution in [2.45, 2.75) is 19.3 Å². The molecule has 4 heterocycles. The van der Waals surface area contributed by atoms with Gasteiger partial charge in [0.15, 0.2) is 0 Å². The van der Waals surface area contributed by atoms with E-state index in [4.69, 9.17) is 9.72 Å². The lowest BCUT2D eigenvalue weighted by Crippen LogP contribution is -2.37. The van der Waals surface area contributed by atoms with E-state index in [-0.39, 0.29) is 6.03 Å². The van der Waals surface area contributed by atoms with E-state index in [0.29, 0.717) is 5.95 Å². The van der Waals surface area contributed by atoms with Crippen molar-refractivity contribution in [3.63, 3.8) is 0 Å². The van der Waals surface area contributed by atoms with E-state index in [1.165, 1.54) is 5.56 Å². The number of hydrogen-bond acceptors (Lipinski definition) is 7. The number of nitrogens with one attached hydrogen (secondary N) is 3. The van der Waals surface area contributed by atoms with Gasteiger partial charge in [-0.3, -0.25) is 10.00 Å². The molecule has 2 aliphatic heterocycles. The number of aromatic nitrogens is 4. The Hall–Kier alpha value is -4.28. The van der Waals surface area contributed by atoms with E-state index in [0.717, 1.165) is 99.1 Å². The maximum absolute atomic E-state index is 12.4. The van der Waals surface area contributed by atoms with E-state index in [2.05, 4.69) is 48.9 Å². The van der Waals surface area contributed by atoms with Crippen LogP contribution in [0.3, 0.4) is 0 Å². The number of ether oxygens (including phenoxy) is 1. The second kappa shape index (κ2) is 12.3. The first kappa shape index (κ1) is 26.0. The standard InChI is InChI=1S/C30H34N8O2/c39-30(38-13-1-2-14-38)34-24-8-6-23(7-9-24)28-26(21-32-36-28)27-10-12-31-29(35-27)33-25-5-3-4-22(20-25)11-15-37-16-18-40-19-17-37/h3-10,12,20-21H,1-2,11,13-19H2,(H,32,36)(H,34,39)(H,31,33,35). The van der Waals surface area contributed by atoms with Crippen LogP contribution in [0.2, 0.25) is 0 Å². The van der Waals surface area contributed by atoms with Crippen molar-refractivity contribution >= 4 is 23.4 Å². The summed E-state index contributed by atoms with van der Waals surface area (Å²) in [4.78, 5) is 25.9. The van der Waals surface area contributed by atoms with Crippen molar-refractivity contribution in [2.75, 3.05) is 56.6 Å². The van der Waals surface area contributed by atoms with Crippen LogP contribution in [-0.2, 0) is 11.2 Å². The van der Waals surface area contributed by atoms with E-state index in [1.54, 1.807) is 6.20 Å². The number of carbonyl (C=O) groups excluding carboxylic acids is 1. The number of urea groups is 1. The molecule has 4 aromatic rings. The fourth-order valence-corrected chi connectivity index (χ4v) is 5.15. The summed E-state index contributed by atoms with van der Waals surface area (Å²) in [5, 5.41) is 13.8. The molecule has 2 amide bonds. The molecule has 40 heavy (non-hydrogen) atoms. The monoisotopic (exact) mass is 538 g/mol. The van der Waals surface area contributed by atoms with Crippen LogP contribution in [0.1, 0.15) is 18.4 Å². The molecule has 10 nitrogen and oxygen atoms in total. The topological polar surface area (TPSA) is 111 Å². The minimum Gasteiger partial charge on any atom is -0.379 e. The van der Waals surface area contributed by atoms with Crippen LogP contribution in [0.4, 0.5) is 22.1 Å². The first-order valence-corrected chi connectivity index (χ1v) is 13.9. The third kappa shape index (κ3) is 6.30. The molecule has 2 fully saturated rings. The lowest BCUT2D eigenvalue weighted by molar-refractivity contribution is 0.0384. The molecule has 6 rings (SSSR count). The Bertz CT molecular complexity index is 1430. The van der Waals surface area contributed by atoms with Gasteiger partial charge in [-0.05, 0) is 55.2 Å². The molecule has 2 saturated heterocycles. The van der Waals surface area contributed by atoms with Gasteiger partial charge in [0.25, 0.3) is 0 Å². The van der Waals surface area contributed by atoms with Crippen LogP contribution in [0.25, 0.3) is 22.5 Å². The molecule has 0 saturated carbocycles. The first-order valence-electron chi connectivity index (χ1n) is 13.9. The van der Waals surface area contributed by atoms with Crippen molar-refractivity contribution in [2.24, 2.45) is 0 Å². The maximum atomic E-state index is 12.4. The summed E-state index contributed by atoms with van der Waals surface area (Å²) in [7, 11) is 0. The molecule has 0 aliphatic carbocycles. The molecular formula is C30H34N8O2. The molecule has 0 unspecified atom stereocenters. The van der Waals surface area contributed by atoms with E-state index in [1.807, 2.05) is 47.5 Å². The number of aromatic amines is 1. The molecule has 0 atom stereocenters. The number of anilines is 3. The van der Waals surface area contributed by atoms with Crippen LogP contribution in [0.15, 0.2) is 67.0 Å². The zero-order valence-corrected chi connectivity index (χ0v) is 22.5. The van der Waals surface area contributed by atoms with Gasteiger partial charge in [0.05, 0.1) is 18.9 Å². The highest BCUT2D eigenvalue weighted by molar-refractivity contribution is 5.90. The summed E-state index contributed by atoms with van der Waals surface area (Å²) in [5.74, 6) is 0.523. The fourth-order valence-electron chi connectivity index (χ4n) is 5.15. The predicted molar refractivity (Wildman–Crippen MR) is 156 cm³/mol. The lowest BCUT2D eigenvalue weighted by atomic mass is 10.1. The molecule has 3 N–H and O–H groups in total. The van der Waals surface area contributed by atoms with Gasteiger partial charge in [-0.1, -0.05) is 24.3 Å². The third-order valence-electron chi connectivity index (χ3n) is 7.38. The van der Waals surface area contributed by atoms with Gasteiger partial charge >= 0.3 is 6.03 Å². The van der Waals surface area contributed by atoms with Crippen molar-refractivity contribution in [1.29, 1.82) is 0 Å². The number of hydrogen-bond donors (Lipinski definition) is 3. The molecule has 2 aromatic heterocycles. The van der Waals surface area contributed by atoms with Crippen LogP contribution in [-0.4, -0.2) is 81.9 Å². The molecule has 2 aromatic carbocycles. The Morgan fingerprint density at radius 2 is 1.80 bits per heavy atom. The smallest absolute Gasteiger partial charge is 0.321 e. The minimum absolute atomic E-state index is 0.0469. The van der Waals surface area contributed by atoms with Crippen molar-refractivity contribution in [1.82, 2.24) is 30.0 Å². The molecule has 206 valence electrons. The maximum Gasteiger partial charge on any atom is 0.321 e. The van der Waals surface area contributed by atoms with E-state index >= 15 is 0 Å². The highest BCUT2D eigenvalue weighted by atomic mass is 16.5. The van der Waals surface area contributed by atoms with Gasteiger partial charge in [0, 0.05) is 67.6 Å². The number of amides is 2. The van der Waals surface area contributed by atoms with Crippen molar-refractivity contribution in [3.8, 4) is 22.5 Å². The molecule has 0 bridgehead atoms. The zero-order chi connectivity index (χ0) is 27.1. The summed E-state index contributed by atoms with van der Waals surface area (Å²) in [6.07, 6.45) is 6.71. The number of benzene rings is 2. The number of nitrogens with zero attached hydrogens (tertiary/aromatic N) is 5. The highest BCUT2D eigenvalue weighted by Gasteiger charge is 2.18. The van der Waals surface area contributed by atoms with E-state index in [9.17, 15) is 4.79 Å². The second-order valence-electron chi connectivity index (χ2n) is 10.1. The van der Waals surface area contributed by atoms with Crippen LogP contribution in [0, 0.1) is 0 Å². The first-order chi connectivity index (χ1) is 19.7. The number of rotatable bonds is 8. The van der Waals surface area contributed by atoms with Crippen molar-refractivity contribution < 1.29 is 9.53 Å². The average molecular weight is 539 g/mol. The number of carbonyl (C=O) groups is 1. The second-order valence-corrected chi connectivity index (χ2v) is 10.1. The Balaban J connectivity index is 1.12. The molecule has 0 radical (unpaired) electrons. The van der Waals surface area contributed by atoms with Crippen molar-refractivity contribution in [3.05, 3.63) is 72.6 Å². The summed E-state index contributed by atoms with van der Waals surface area (Å²) < 4.78 is 5.45. The summed E-state index contributed by atoms with van der Waals surface area (Å²) in [6.45, 7) is 6.27.